The quantitative estimate of drug-likeness (QED) is 0.834. The fourth-order valence-electron chi connectivity index (χ4n) is 2.85. The lowest BCUT2D eigenvalue weighted by molar-refractivity contribution is 0.0620. The summed E-state index contributed by atoms with van der Waals surface area (Å²) in [6.07, 6.45) is 0. The molecule has 5 nitrogen and oxygen atoms in total. The van der Waals surface area contributed by atoms with Crippen molar-refractivity contribution in [2.45, 2.75) is 0 Å². The molecular weight excluding hydrogens is 338 g/mol. The highest BCUT2D eigenvalue weighted by atomic mass is 35.5. The molecule has 1 aliphatic rings. The van der Waals surface area contributed by atoms with Gasteiger partial charge in [-0.15, -0.1) is 0 Å². The summed E-state index contributed by atoms with van der Waals surface area (Å²) in [5.41, 5.74) is 7.03. The molecule has 0 saturated carbocycles. The van der Waals surface area contributed by atoms with Gasteiger partial charge in [0.05, 0.1) is 0 Å². The van der Waals surface area contributed by atoms with Crippen molar-refractivity contribution < 1.29 is 9.53 Å². The Hall–Kier alpha value is -2.24. The van der Waals surface area contributed by atoms with Gasteiger partial charge in [-0.2, -0.15) is 0 Å². The number of carbonyl (C=O) groups is 1. The van der Waals surface area contributed by atoms with Crippen LogP contribution in [0.15, 0.2) is 48.5 Å². The number of rotatable bonds is 5. The van der Waals surface area contributed by atoms with E-state index in [0.29, 0.717) is 36.0 Å². The Labute approximate surface area is 152 Å². The number of nitrogen functional groups attached to an aromatic ring is 1. The van der Waals surface area contributed by atoms with Gasteiger partial charge in [0.2, 0.25) is 0 Å². The van der Waals surface area contributed by atoms with Gasteiger partial charge in [-0.05, 0) is 42.5 Å². The van der Waals surface area contributed by atoms with E-state index in [1.807, 2.05) is 41.3 Å². The van der Waals surface area contributed by atoms with Crippen LogP contribution in [0.25, 0.3) is 0 Å². The highest BCUT2D eigenvalue weighted by molar-refractivity contribution is 6.30. The zero-order valence-electron chi connectivity index (χ0n) is 14.0. The molecule has 1 amide bonds. The fourth-order valence-corrected chi connectivity index (χ4v) is 2.98. The third kappa shape index (κ3) is 4.87. The van der Waals surface area contributed by atoms with Gasteiger partial charge in [-0.1, -0.05) is 17.7 Å². The molecule has 2 N–H and O–H groups in total. The average molecular weight is 360 g/mol. The Morgan fingerprint density at radius 2 is 1.80 bits per heavy atom. The van der Waals surface area contributed by atoms with E-state index in [1.165, 1.54) is 0 Å². The Morgan fingerprint density at radius 1 is 1.08 bits per heavy atom. The van der Waals surface area contributed by atoms with Crippen LogP contribution in [0, 0.1) is 0 Å². The van der Waals surface area contributed by atoms with Crippen LogP contribution in [-0.4, -0.2) is 55.0 Å². The summed E-state index contributed by atoms with van der Waals surface area (Å²) in [5.74, 6) is 0.865. The van der Waals surface area contributed by atoms with E-state index in [9.17, 15) is 4.79 Å². The Balaban J connectivity index is 1.42. The van der Waals surface area contributed by atoms with Crippen LogP contribution >= 0.6 is 11.6 Å². The number of hydrogen-bond donors (Lipinski definition) is 1. The second-order valence-electron chi connectivity index (χ2n) is 6.06. The molecule has 0 bridgehead atoms. The van der Waals surface area contributed by atoms with Gasteiger partial charge in [0, 0.05) is 49.0 Å². The maximum atomic E-state index is 12.5. The van der Waals surface area contributed by atoms with E-state index in [1.54, 1.807) is 12.1 Å². The van der Waals surface area contributed by atoms with Gasteiger partial charge < -0.3 is 15.4 Å². The molecule has 2 aromatic rings. The summed E-state index contributed by atoms with van der Waals surface area (Å²) in [6.45, 7) is 4.58. The topological polar surface area (TPSA) is 58.8 Å². The molecule has 0 radical (unpaired) electrons. The minimum absolute atomic E-state index is 0.0457. The molecular formula is C19H22ClN3O2. The number of carbonyl (C=O) groups excluding carboxylic acids is 1. The third-order valence-electron chi connectivity index (χ3n) is 4.28. The predicted molar refractivity (Wildman–Crippen MR) is 100 cm³/mol. The van der Waals surface area contributed by atoms with Crippen molar-refractivity contribution in [3.63, 3.8) is 0 Å². The maximum absolute atomic E-state index is 12.5. The van der Waals surface area contributed by atoms with E-state index in [4.69, 9.17) is 22.1 Å². The summed E-state index contributed by atoms with van der Waals surface area (Å²) in [6, 6.07) is 14.5. The molecule has 0 atom stereocenters. The minimum atomic E-state index is 0.0457. The molecule has 1 aliphatic heterocycles. The SMILES string of the molecule is Nc1cccc(C(=O)N2CCN(CCOc3ccc(Cl)cc3)CC2)c1. The fraction of sp³-hybridized carbons (Fsp3) is 0.316. The minimum Gasteiger partial charge on any atom is -0.492 e. The lowest BCUT2D eigenvalue weighted by Gasteiger charge is -2.34. The van der Waals surface area contributed by atoms with Crippen molar-refractivity contribution in [1.29, 1.82) is 0 Å². The number of halogens is 1. The molecule has 6 heteroatoms. The number of ether oxygens (including phenoxy) is 1. The lowest BCUT2D eigenvalue weighted by atomic mass is 10.1. The van der Waals surface area contributed by atoms with E-state index in [-0.39, 0.29) is 5.91 Å². The monoisotopic (exact) mass is 359 g/mol. The van der Waals surface area contributed by atoms with E-state index < -0.39 is 0 Å². The Kier molecular flexibility index (Phi) is 5.79. The first kappa shape index (κ1) is 17.6. The van der Waals surface area contributed by atoms with Crippen LogP contribution in [0.2, 0.25) is 5.02 Å². The van der Waals surface area contributed by atoms with Crippen LogP contribution in [0.3, 0.4) is 0 Å². The number of anilines is 1. The van der Waals surface area contributed by atoms with Gasteiger partial charge in [0.1, 0.15) is 12.4 Å². The average Bonchev–Trinajstić information content (AvgIpc) is 2.63. The van der Waals surface area contributed by atoms with Crippen LogP contribution in [0.1, 0.15) is 10.4 Å². The molecule has 2 aromatic carbocycles. The zero-order valence-corrected chi connectivity index (χ0v) is 14.8. The normalized spacial score (nSPS) is 15.2. The molecule has 1 heterocycles. The molecule has 0 aliphatic carbocycles. The molecule has 0 aromatic heterocycles. The van der Waals surface area contributed by atoms with E-state index in [0.717, 1.165) is 25.4 Å². The third-order valence-corrected chi connectivity index (χ3v) is 4.53. The standard InChI is InChI=1S/C19H22ClN3O2/c20-16-4-6-18(7-5-16)25-13-12-22-8-10-23(11-9-22)19(24)15-2-1-3-17(21)14-15/h1-7,14H,8-13,21H2. The second-order valence-corrected chi connectivity index (χ2v) is 6.50. The van der Waals surface area contributed by atoms with Crippen molar-refractivity contribution in [3.05, 3.63) is 59.1 Å². The summed E-state index contributed by atoms with van der Waals surface area (Å²) < 4.78 is 5.73. The van der Waals surface area contributed by atoms with Crippen LogP contribution in [-0.2, 0) is 0 Å². The maximum Gasteiger partial charge on any atom is 0.254 e. The van der Waals surface area contributed by atoms with Crippen molar-refractivity contribution in [2.75, 3.05) is 45.1 Å². The first-order valence-electron chi connectivity index (χ1n) is 8.37. The molecule has 1 saturated heterocycles. The predicted octanol–water partition coefficient (Wildman–Crippen LogP) is 2.76. The number of piperazine rings is 1. The van der Waals surface area contributed by atoms with Gasteiger partial charge in [0.15, 0.2) is 0 Å². The first-order chi connectivity index (χ1) is 12.1. The lowest BCUT2D eigenvalue weighted by Crippen LogP contribution is -2.49. The number of amides is 1. The highest BCUT2D eigenvalue weighted by Crippen LogP contribution is 2.16. The second kappa shape index (κ2) is 8.23. The highest BCUT2D eigenvalue weighted by Gasteiger charge is 2.22. The van der Waals surface area contributed by atoms with Gasteiger partial charge in [-0.3, -0.25) is 9.69 Å². The van der Waals surface area contributed by atoms with Gasteiger partial charge in [0.25, 0.3) is 5.91 Å². The number of benzene rings is 2. The van der Waals surface area contributed by atoms with Crippen LogP contribution in [0.4, 0.5) is 5.69 Å². The van der Waals surface area contributed by atoms with E-state index >= 15 is 0 Å². The zero-order chi connectivity index (χ0) is 17.6. The molecule has 0 spiro atoms. The van der Waals surface area contributed by atoms with Crippen molar-refractivity contribution in [1.82, 2.24) is 9.80 Å². The Bertz CT molecular complexity index is 713. The summed E-state index contributed by atoms with van der Waals surface area (Å²) in [7, 11) is 0. The molecule has 0 unspecified atom stereocenters. The molecule has 132 valence electrons. The molecule has 1 fully saturated rings. The summed E-state index contributed by atoms with van der Waals surface area (Å²) in [5, 5.41) is 0.702. The smallest absolute Gasteiger partial charge is 0.254 e. The van der Waals surface area contributed by atoms with Gasteiger partial charge >= 0.3 is 0 Å². The van der Waals surface area contributed by atoms with Crippen LogP contribution < -0.4 is 10.5 Å². The Morgan fingerprint density at radius 3 is 2.48 bits per heavy atom. The first-order valence-corrected chi connectivity index (χ1v) is 8.75. The summed E-state index contributed by atoms with van der Waals surface area (Å²) >= 11 is 5.86. The number of hydrogen-bond acceptors (Lipinski definition) is 4. The van der Waals surface area contributed by atoms with E-state index in [2.05, 4.69) is 4.90 Å². The number of nitrogens with two attached hydrogens (primary N) is 1. The molecule has 3 rings (SSSR count). The van der Waals surface area contributed by atoms with Gasteiger partial charge in [-0.25, -0.2) is 0 Å². The van der Waals surface area contributed by atoms with Crippen molar-refractivity contribution in [2.24, 2.45) is 0 Å². The summed E-state index contributed by atoms with van der Waals surface area (Å²) in [4.78, 5) is 16.7. The van der Waals surface area contributed by atoms with Crippen LogP contribution in [0.5, 0.6) is 5.75 Å². The number of nitrogens with zero attached hydrogens (tertiary/aromatic N) is 2. The molecule has 25 heavy (non-hydrogen) atoms. The largest absolute Gasteiger partial charge is 0.492 e. The van der Waals surface area contributed by atoms with Crippen molar-refractivity contribution >= 4 is 23.2 Å². The van der Waals surface area contributed by atoms with Crippen molar-refractivity contribution in [3.8, 4) is 5.75 Å².